The van der Waals surface area contributed by atoms with E-state index < -0.39 is 0 Å². The van der Waals surface area contributed by atoms with Crippen LogP contribution in [-0.4, -0.2) is 6.16 Å². The molecule has 0 spiro atoms. The first-order chi connectivity index (χ1) is 13.0. The molecule has 4 heteroatoms. The topological polar surface area (TPSA) is 0 Å². The molecule has 0 saturated carbocycles. The average molecular weight is 477 g/mol. The zero-order valence-corrected chi connectivity index (χ0v) is 21.7. The van der Waals surface area contributed by atoms with Crippen molar-refractivity contribution in [2.24, 2.45) is 0 Å². The second-order valence-electron chi connectivity index (χ2n) is 8.38. The molecule has 0 nitrogen and oxygen atoms in total. The normalized spacial score (nSPS) is 22.4. The Bertz CT molecular complexity index is 958. The summed E-state index contributed by atoms with van der Waals surface area (Å²) >= 11 is -0.138. The second kappa shape index (κ2) is 8.65. The third-order valence-corrected chi connectivity index (χ3v) is 13.2. The van der Waals surface area contributed by atoms with Crippen LogP contribution in [0.1, 0.15) is 66.3 Å². The third-order valence-electron chi connectivity index (χ3n) is 6.60. The molecule has 5 rings (SSSR count). The molecule has 1 aliphatic heterocycles. The van der Waals surface area contributed by atoms with Crippen LogP contribution in [0.15, 0.2) is 34.9 Å². The number of benzene rings is 2. The van der Waals surface area contributed by atoms with Gasteiger partial charge in [-0.3, -0.25) is 0 Å². The van der Waals surface area contributed by atoms with Crippen molar-refractivity contribution in [3.8, 4) is 0 Å². The molecule has 2 unspecified atom stereocenters. The molecule has 2 aromatic carbocycles. The van der Waals surface area contributed by atoms with Gasteiger partial charge in [0.15, 0.2) is 0 Å². The van der Waals surface area contributed by atoms with Gasteiger partial charge in [0.1, 0.15) is 0 Å². The molecule has 0 N–H and O–H groups in total. The summed E-state index contributed by atoms with van der Waals surface area (Å²) in [5.74, 6) is 0. The fourth-order valence-corrected chi connectivity index (χ4v) is 13.0. The van der Waals surface area contributed by atoms with Crippen molar-refractivity contribution < 1.29 is 44.0 Å². The van der Waals surface area contributed by atoms with Gasteiger partial charge in [0.2, 0.25) is 0 Å². The Labute approximate surface area is 198 Å². The fraction of sp³-hybridized carbons (Fsp3) is 0.360. The minimum Gasteiger partial charge on any atom is -1.00 e. The predicted octanol–water partition coefficient (Wildman–Crippen LogP) is 1.41. The largest absolute Gasteiger partial charge is 1.00 e. The first kappa shape index (κ1) is 23.3. The zero-order valence-electron chi connectivity index (χ0n) is 17.7. The standard InChI is InChI=1S/C25H27P.2ClH.Ti/c1-6-11-26(20-12-22-16(2)7-8-17(3)23(22)13-20)21-14-24-18(4)9-10-19(5)25(24)15-21;;;/h7-10,12-15H,6,11H2,1-5H3;2*1H;/q;;;+2/p-2. The minimum absolute atomic E-state index is 0. The van der Waals surface area contributed by atoms with Crippen molar-refractivity contribution in [1.82, 2.24) is 0 Å². The van der Waals surface area contributed by atoms with E-state index in [4.69, 9.17) is 0 Å². The van der Waals surface area contributed by atoms with E-state index in [1.165, 1.54) is 34.8 Å². The summed E-state index contributed by atoms with van der Waals surface area (Å²) < 4.78 is 1.54. The van der Waals surface area contributed by atoms with Crippen molar-refractivity contribution in [3.63, 3.8) is 0 Å². The van der Waals surface area contributed by atoms with Crippen molar-refractivity contribution in [2.75, 3.05) is 6.16 Å². The van der Waals surface area contributed by atoms with Crippen LogP contribution in [0.25, 0.3) is 12.2 Å². The Morgan fingerprint density at radius 1 is 0.724 bits per heavy atom. The molecule has 3 aliphatic rings. The van der Waals surface area contributed by atoms with Crippen LogP contribution in [0.3, 0.4) is 0 Å². The number of hydrogen-bond acceptors (Lipinski definition) is 0. The average Bonchev–Trinajstić information content (AvgIpc) is 3.22. The molecule has 0 amide bonds. The van der Waals surface area contributed by atoms with E-state index in [0.717, 1.165) is 8.45 Å². The Morgan fingerprint density at radius 2 is 1.14 bits per heavy atom. The van der Waals surface area contributed by atoms with E-state index in [1.54, 1.807) is 22.3 Å². The van der Waals surface area contributed by atoms with Crippen LogP contribution >= 0.6 is 7.92 Å². The van der Waals surface area contributed by atoms with Gasteiger partial charge in [0.05, 0.1) is 0 Å². The van der Waals surface area contributed by atoms with Gasteiger partial charge < -0.3 is 24.8 Å². The van der Waals surface area contributed by atoms with E-state index in [9.17, 15) is 0 Å². The first-order valence-corrected chi connectivity index (χ1v) is 13.5. The molecule has 0 aromatic heterocycles. The van der Waals surface area contributed by atoms with Gasteiger partial charge in [0, 0.05) is 0 Å². The van der Waals surface area contributed by atoms with E-state index in [2.05, 4.69) is 71.0 Å². The number of rotatable bonds is 2. The quantitative estimate of drug-likeness (QED) is 0.454. The van der Waals surface area contributed by atoms with Crippen LogP contribution in [0, 0.1) is 27.7 Å². The van der Waals surface area contributed by atoms with Gasteiger partial charge in [0.25, 0.3) is 0 Å². The molecule has 1 fully saturated rings. The summed E-state index contributed by atoms with van der Waals surface area (Å²) in [5.41, 5.74) is 12.5. The molecule has 1 heterocycles. The van der Waals surface area contributed by atoms with Crippen LogP contribution in [0.5, 0.6) is 0 Å². The molecule has 1 saturated heterocycles. The van der Waals surface area contributed by atoms with Crippen LogP contribution in [0.2, 0.25) is 0 Å². The van der Waals surface area contributed by atoms with Gasteiger partial charge in [-0.15, -0.1) is 0 Å². The summed E-state index contributed by atoms with van der Waals surface area (Å²) in [7, 11) is -0.141. The maximum Gasteiger partial charge on any atom is -1.00 e. The summed E-state index contributed by atoms with van der Waals surface area (Å²) in [6.45, 7) is 11.7. The molecule has 150 valence electrons. The number of halogens is 2. The Balaban J connectivity index is 0.00000120. The van der Waals surface area contributed by atoms with Crippen LogP contribution in [0.4, 0.5) is 0 Å². The monoisotopic (exact) mass is 476 g/mol. The van der Waals surface area contributed by atoms with E-state index in [0.29, 0.717) is 0 Å². The second-order valence-corrected chi connectivity index (χ2v) is 13.0. The van der Waals surface area contributed by atoms with E-state index in [-0.39, 0.29) is 51.9 Å². The molecular formula is C25H27Cl2PTi. The van der Waals surface area contributed by atoms with Gasteiger partial charge in [-0.2, -0.15) is 0 Å². The maximum atomic E-state index is 2.63. The molecular weight excluding hydrogens is 450 g/mol. The number of hydrogen-bond donors (Lipinski definition) is 0. The zero-order chi connectivity index (χ0) is 18.9. The van der Waals surface area contributed by atoms with Crippen molar-refractivity contribution >= 4 is 20.1 Å². The Morgan fingerprint density at radius 3 is 1.55 bits per heavy atom. The molecule has 29 heavy (non-hydrogen) atoms. The summed E-state index contributed by atoms with van der Waals surface area (Å²) in [5, 5.41) is 3.65. The maximum absolute atomic E-state index is 2.63. The van der Waals surface area contributed by atoms with E-state index >= 15 is 0 Å². The summed E-state index contributed by atoms with van der Waals surface area (Å²) in [6, 6.07) is 9.38. The van der Waals surface area contributed by atoms with Crippen molar-refractivity contribution in [2.45, 2.75) is 49.5 Å². The fourth-order valence-electron chi connectivity index (χ4n) is 5.22. The predicted molar refractivity (Wildman–Crippen MR) is 115 cm³/mol. The van der Waals surface area contributed by atoms with Gasteiger partial charge in [-0.05, 0) is 0 Å². The molecule has 0 radical (unpaired) electrons. The van der Waals surface area contributed by atoms with Crippen molar-refractivity contribution in [3.05, 3.63) is 79.4 Å². The molecule has 2 atom stereocenters. The van der Waals surface area contributed by atoms with Gasteiger partial charge in [-0.1, -0.05) is 0 Å². The minimum atomic E-state index is -0.141. The molecule has 0 bridgehead atoms. The third kappa shape index (κ3) is 3.44. The SMILES string of the molecule is CCCP1C2=Cc3c(C)ccc(C)c3[CH]2[Ti+2][CH]2C1=Cc1c(C)ccc(C)c12.[Cl-].[Cl-]. The number of fused-ring (bicyclic) bond motifs is 6. The van der Waals surface area contributed by atoms with Gasteiger partial charge >= 0.3 is 174 Å². The number of aryl methyl sites for hydroxylation is 4. The van der Waals surface area contributed by atoms with E-state index in [1.807, 2.05) is 10.6 Å². The molecule has 2 aliphatic carbocycles. The smallest absolute Gasteiger partial charge is 1.00 e. The van der Waals surface area contributed by atoms with Crippen LogP contribution < -0.4 is 24.8 Å². The Kier molecular flexibility index (Phi) is 6.95. The van der Waals surface area contributed by atoms with Gasteiger partial charge in [-0.25, -0.2) is 0 Å². The Hall–Kier alpha value is -0.356. The molecule has 2 aromatic rings. The first-order valence-electron chi connectivity index (χ1n) is 10.2. The number of allylic oxidation sites excluding steroid dienone is 2. The van der Waals surface area contributed by atoms with Crippen molar-refractivity contribution in [1.29, 1.82) is 0 Å². The summed E-state index contributed by atoms with van der Waals surface area (Å²) in [6.07, 6.45) is 7.92. The van der Waals surface area contributed by atoms with Crippen LogP contribution in [-0.2, 0) is 19.2 Å². The summed E-state index contributed by atoms with van der Waals surface area (Å²) in [4.78, 5) is 0.